The third kappa shape index (κ3) is 3.06. The summed E-state index contributed by atoms with van der Waals surface area (Å²) in [4.78, 5) is 5.52. The number of thiazole rings is 1. The topological polar surface area (TPSA) is 59.1 Å². The fraction of sp³-hybridized carbons (Fsp3) is 0.667. The lowest BCUT2D eigenvalue weighted by Gasteiger charge is -2.02. The summed E-state index contributed by atoms with van der Waals surface area (Å²) in [6.07, 6.45) is 3.57. The van der Waals surface area contributed by atoms with E-state index in [9.17, 15) is 0 Å². The first kappa shape index (κ1) is 10.6. The predicted octanol–water partition coefficient (Wildman–Crippen LogP) is 1.13. The molecule has 0 amide bonds. The first-order valence-electron chi connectivity index (χ1n) is 4.53. The van der Waals surface area contributed by atoms with Gasteiger partial charge in [0.15, 0.2) is 0 Å². The fourth-order valence-corrected chi connectivity index (χ4v) is 2.04. The molecule has 0 aliphatic heterocycles. The summed E-state index contributed by atoms with van der Waals surface area (Å²) in [7, 11) is 0. The van der Waals surface area contributed by atoms with Crippen molar-refractivity contribution in [1.29, 1.82) is 0 Å². The Morgan fingerprint density at radius 3 is 3.08 bits per heavy atom. The van der Waals surface area contributed by atoms with Crippen molar-refractivity contribution in [2.75, 3.05) is 13.2 Å². The standard InChI is InChI=1S/C9H16N2OS/c1-7(5-10)8-6-11-9(13-8)3-2-4-12/h6-7,12H,2-5,10H2,1H3. The molecule has 0 spiro atoms. The van der Waals surface area contributed by atoms with Crippen molar-refractivity contribution < 1.29 is 5.11 Å². The van der Waals surface area contributed by atoms with Gasteiger partial charge in [-0.25, -0.2) is 4.98 Å². The molecule has 1 heterocycles. The minimum Gasteiger partial charge on any atom is -0.396 e. The zero-order chi connectivity index (χ0) is 9.68. The molecule has 0 saturated heterocycles. The van der Waals surface area contributed by atoms with E-state index in [0.717, 1.165) is 17.8 Å². The summed E-state index contributed by atoms with van der Waals surface area (Å²) in [5.41, 5.74) is 5.55. The van der Waals surface area contributed by atoms with Crippen molar-refractivity contribution >= 4 is 11.3 Å². The lowest BCUT2D eigenvalue weighted by molar-refractivity contribution is 0.288. The van der Waals surface area contributed by atoms with Gasteiger partial charge < -0.3 is 10.8 Å². The number of nitrogens with two attached hydrogens (primary N) is 1. The number of rotatable bonds is 5. The van der Waals surface area contributed by atoms with Gasteiger partial charge in [0.1, 0.15) is 0 Å². The van der Waals surface area contributed by atoms with Crippen LogP contribution in [0.4, 0.5) is 0 Å². The predicted molar refractivity (Wildman–Crippen MR) is 55.0 cm³/mol. The Hall–Kier alpha value is -0.450. The third-order valence-electron chi connectivity index (χ3n) is 1.96. The Morgan fingerprint density at radius 2 is 2.46 bits per heavy atom. The van der Waals surface area contributed by atoms with E-state index in [4.69, 9.17) is 10.8 Å². The lowest BCUT2D eigenvalue weighted by atomic mass is 10.2. The minimum atomic E-state index is 0.237. The molecule has 1 unspecified atom stereocenters. The van der Waals surface area contributed by atoms with E-state index in [-0.39, 0.29) is 6.61 Å². The number of aryl methyl sites for hydroxylation is 1. The van der Waals surface area contributed by atoms with Crippen LogP contribution in [-0.4, -0.2) is 23.2 Å². The summed E-state index contributed by atoms with van der Waals surface area (Å²) >= 11 is 1.70. The van der Waals surface area contributed by atoms with Crippen LogP contribution in [0.1, 0.15) is 29.1 Å². The Balaban J connectivity index is 2.53. The maximum Gasteiger partial charge on any atom is 0.0928 e. The minimum absolute atomic E-state index is 0.237. The molecule has 4 heteroatoms. The molecule has 0 aromatic carbocycles. The van der Waals surface area contributed by atoms with E-state index in [1.54, 1.807) is 11.3 Å². The summed E-state index contributed by atoms with van der Waals surface area (Å²) in [5, 5.41) is 9.75. The molecular weight excluding hydrogens is 184 g/mol. The number of hydrogen-bond donors (Lipinski definition) is 2. The van der Waals surface area contributed by atoms with Crippen molar-refractivity contribution in [2.45, 2.75) is 25.7 Å². The number of hydrogen-bond acceptors (Lipinski definition) is 4. The highest BCUT2D eigenvalue weighted by Crippen LogP contribution is 2.22. The Morgan fingerprint density at radius 1 is 1.69 bits per heavy atom. The highest BCUT2D eigenvalue weighted by molar-refractivity contribution is 7.11. The number of aliphatic hydroxyl groups excluding tert-OH is 1. The second-order valence-corrected chi connectivity index (χ2v) is 4.27. The van der Waals surface area contributed by atoms with Crippen LogP contribution in [0.2, 0.25) is 0 Å². The molecule has 74 valence electrons. The molecule has 0 bridgehead atoms. The van der Waals surface area contributed by atoms with Gasteiger partial charge in [0, 0.05) is 30.0 Å². The monoisotopic (exact) mass is 200 g/mol. The van der Waals surface area contributed by atoms with Crippen LogP contribution in [0.25, 0.3) is 0 Å². The van der Waals surface area contributed by atoms with Crippen molar-refractivity contribution in [2.24, 2.45) is 5.73 Å². The van der Waals surface area contributed by atoms with Gasteiger partial charge in [-0.15, -0.1) is 11.3 Å². The van der Waals surface area contributed by atoms with E-state index < -0.39 is 0 Å². The van der Waals surface area contributed by atoms with Gasteiger partial charge in [0.2, 0.25) is 0 Å². The Labute approximate surface area is 82.6 Å². The second-order valence-electron chi connectivity index (χ2n) is 3.12. The Kier molecular flexibility index (Phi) is 4.35. The van der Waals surface area contributed by atoms with Crippen molar-refractivity contribution in [3.8, 4) is 0 Å². The van der Waals surface area contributed by atoms with Crippen LogP contribution >= 0.6 is 11.3 Å². The summed E-state index contributed by atoms with van der Waals surface area (Å²) in [6.45, 7) is 3.01. The number of aromatic nitrogens is 1. The molecule has 0 radical (unpaired) electrons. The highest BCUT2D eigenvalue weighted by Gasteiger charge is 2.07. The van der Waals surface area contributed by atoms with Crippen molar-refractivity contribution in [3.05, 3.63) is 16.1 Å². The average Bonchev–Trinajstić information content (AvgIpc) is 2.62. The summed E-state index contributed by atoms with van der Waals surface area (Å²) in [5.74, 6) is 0.403. The van der Waals surface area contributed by atoms with E-state index in [0.29, 0.717) is 12.5 Å². The number of aliphatic hydroxyl groups is 1. The van der Waals surface area contributed by atoms with Gasteiger partial charge in [0.25, 0.3) is 0 Å². The second kappa shape index (κ2) is 5.32. The van der Waals surface area contributed by atoms with E-state index in [2.05, 4.69) is 11.9 Å². The van der Waals surface area contributed by atoms with Crippen LogP contribution < -0.4 is 5.73 Å². The molecule has 0 fully saturated rings. The van der Waals surface area contributed by atoms with E-state index in [1.165, 1.54) is 4.88 Å². The van der Waals surface area contributed by atoms with Crippen molar-refractivity contribution in [3.63, 3.8) is 0 Å². The van der Waals surface area contributed by atoms with Crippen LogP contribution in [0.3, 0.4) is 0 Å². The molecular formula is C9H16N2OS. The van der Waals surface area contributed by atoms with Gasteiger partial charge in [-0.3, -0.25) is 0 Å². The molecule has 0 aliphatic rings. The summed E-state index contributed by atoms with van der Waals surface area (Å²) < 4.78 is 0. The highest BCUT2D eigenvalue weighted by atomic mass is 32.1. The third-order valence-corrected chi connectivity index (χ3v) is 3.25. The molecule has 1 aromatic heterocycles. The molecule has 0 aliphatic carbocycles. The van der Waals surface area contributed by atoms with E-state index >= 15 is 0 Å². The zero-order valence-corrected chi connectivity index (χ0v) is 8.68. The maximum atomic E-state index is 8.65. The largest absolute Gasteiger partial charge is 0.396 e. The molecule has 1 rings (SSSR count). The fourth-order valence-electron chi connectivity index (χ4n) is 1.01. The van der Waals surface area contributed by atoms with Gasteiger partial charge in [-0.1, -0.05) is 6.92 Å². The van der Waals surface area contributed by atoms with Gasteiger partial charge in [-0.05, 0) is 13.0 Å². The smallest absolute Gasteiger partial charge is 0.0928 e. The van der Waals surface area contributed by atoms with E-state index in [1.807, 2.05) is 6.20 Å². The van der Waals surface area contributed by atoms with Gasteiger partial charge in [-0.2, -0.15) is 0 Å². The molecule has 0 saturated carbocycles. The number of nitrogens with zero attached hydrogens (tertiary/aromatic N) is 1. The molecule has 3 N–H and O–H groups in total. The first-order valence-corrected chi connectivity index (χ1v) is 5.35. The summed E-state index contributed by atoms with van der Waals surface area (Å²) in [6, 6.07) is 0. The average molecular weight is 200 g/mol. The maximum absolute atomic E-state index is 8.65. The van der Waals surface area contributed by atoms with Crippen molar-refractivity contribution in [1.82, 2.24) is 4.98 Å². The first-order chi connectivity index (χ1) is 6.27. The molecule has 13 heavy (non-hydrogen) atoms. The molecule has 3 nitrogen and oxygen atoms in total. The van der Waals surface area contributed by atoms with Crippen LogP contribution in [0.5, 0.6) is 0 Å². The quantitative estimate of drug-likeness (QED) is 0.749. The normalized spacial score (nSPS) is 13.2. The van der Waals surface area contributed by atoms with Gasteiger partial charge in [0.05, 0.1) is 5.01 Å². The molecule has 1 aromatic rings. The zero-order valence-electron chi connectivity index (χ0n) is 7.86. The Bertz CT molecular complexity index is 250. The van der Waals surface area contributed by atoms with Crippen LogP contribution in [-0.2, 0) is 6.42 Å². The van der Waals surface area contributed by atoms with Crippen LogP contribution in [0.15, 0.2) is 6.20 Å². The lowest BCUT2D eigenvalue weighted by Crippen LogP contribution is -2.07. The SMILES string of the molecule is CC(CN)c1cnc(CCCO)s1. The van der Waals surface area contributed by atoms with Crippen LogP contribution in [0, 0.1) is 0 Å². The molecule has 1 atom stereocenters. The van der Waals surface area contributed by atoms with Gasteiger partial charge >= 0.3 is 0 Å².